The zero-order valence-corrected chi connectivity index (χ0v) is 12.3. The van der Waals surface area contributed by atoms with Crippen LogP contribution in [-0.4, -0.2) is 22.1 Å². The van der Waals surface area contributed by atoms with E-state index in [1.807, 2.05) is 35.2 Å². The molecule has 0 radical (unpaired) electrons. The number of amides is 1. The first kappa shape index (κ1) is 13.9. The SMILES string of the molecule is CC1(C)CCCC(C)(C)N1C(=O)Oc1ccccc1. The number of benzene rings is 1. The second-order valence-electron chi connectivity index (χ2n) is 6.49. The normalized spacial score (nSPS) is 20.9. The molecule has 1 amide bonds. The van der Waals surface area contributed by atoms with E-state index in [2.05, 4.69) is 27.7 Å². The van der Waals surface area contributed by atoms with Crippen LogP contribution in [0.1, 0.15) is 47.0 Å². The average Bonchev–Trinajstić information content (AvgIpc) is 2.27. The van der Waals surface area contributed by atoms with Gasteiger partial charge in [-0.1, -0.05) is 18.2 Å². The fraction of sp³-hybridized carbons (Fsp3) is 0.562. The van der Waals surface area contributed by atoms with Gasteiger partial charge in [-0.05, 0) is 59.1 Å². The van der Waals surface area contributed by atoms with Gasteiger partial charge >= 0.3 is 6.09 Å². The lowest BCUT2D eigenvalue weighted by atomic mass is 9.80. The molecular weight excluding hydrogens is 238 g/mol. The van der Waals surface area contributed by atoms with Crippen LogP contribution in [0.25, 0.3) is 0 Å². The summed E-state index contributed by atoms with van der Waals surface area (Å²) in [6.45, 7) is 8.45. The first-order valence-corrected chi connectivity index (χ1v) is 6.90. The van der Waals surface area contributed by atoms with Gasteiger partial charge in [0.25, 0.3) is 0 Å². The quantitative estimate of drug-likeness (QED) is 0.757. The summed E-state index contributed by atoms with van der Waals surface area (Å²) in [5, 5.41) is 0. The van der Waals surface area contributed by atoms with Crippen LogP contribution in [0.15, 0.2) is 30.3 Å². The molecule has 0 bridgehead atoms. The third kappa shape index (κ3) is 2.91. The lowest BCUT2D eigenvalue weighted by Crippen LogP contribution is -2.61. The molecule has 0 aliphatic carbocycles. The van der Waals surface area contributed by atoms with Crippen molar-refractivity contribution in [2.75, 3.05) is 0 Å². The smallest absolute Gasteiger partial charge is 0.410 e. The van der Waals surface area contributed by atoms with Crippen LogP contribution in [0.3, 0.4) is 0 Å². The molecule has 0 N–H and O–H groups in total. The molecule has 1 aliphatic rings. The molecule has 1 saturated heterocycles. The molecule has 19 heavy (non-hydrogen) atoms. The van der Waals surface area contributed by atoms with Crippen molar-refractivity contribution >= 4 is 6.09 Å². The van der Waals surface area contributed by atoms with E-state index in [4.69, 9.17) is 4.74 Å². The van der Waals surface area contributed by atoms with Crippen LogP contribution in [0.4, 0.5) is 4.79 Å². The van der Waals surface area contributed by atoms with E-state index in [9.17, 15) is 4.79 Å². The van der Waals surface area contributed by atoms with Crippen molar-refractivity contribution in [2.45, 2.75) is 58.0 Å². The largest absolute Gasteiger partial charge is 0.416 e. The highest BCUT2D eigenvalue weighted by Crippen LogP contribution is 2.38. The monoisotopic (exact) mass is 261 g/mol. The van der Waals surface area contributed by atoms with Crippen molar-refractivity contribution in [3.05, 3.63) is 30.3 Å². The van der Waals surface area contributed by atoms with Crippen molar-refractivity contribution in [3.8, 4) is 5.75 Å². The second kappa shape index (κ2) is 4.87. The standard InChI is InChI=1S/C16H23NO2/c1-15(2)11-8-12-16(3,4)17(15)14(18)19-13-9-6-5-7-10-13/h5-7,9-10H,8,11-12H2,1-4H3. The van der Waals surface area contributed by atoms with Gasteiger partial charge in [0.2, 0.25) is 0 Å². The number of likely N-dealkylation sites (tertiary alicyclic amines) is 1. The fourth-order valence-corrected chi connectivity index (χ4v) is 3.13. The zero-order valence-electron chi connectivity index (χ0n) is 12.3. The molecule has 0 atom stereocenters. The van der Waals surface area contributed by atoms with Gasteiger partial charge in [-0.25, -0.2) is 4.79 Å². The summed E-state index contributed by atoms with van der Waals surface area (Å²) in [6.07, 6.45) is 2.93. The summed E-state index contributed by atoms with van der Waals surface area (Å²) < 4.78 is 5.51. The molecule has 0 spiro atoms. The molecule has 1 fully saturated rings. The minimum absolute atomic E-state index is 0.159. The molecule has 0 unspecified atom stereocenters. The summed E-state index contributed by atoms with van der Waals surface area (Å²) in [7, 11) is 0. The van der Waals surface area contributed by atoms with Gasteiger partial charge in [-0.3, -0.25) is 4.90 Å². The van der Waals surface area contributed by atoms with Crippen LogP contribution < -0.4 is 4.74 Å². The highest BCUT2D eigenvalue weighted by molar-refractivity contribution is 5.72. The first-order chi connectivity index (χ1) is 8.83. The Morgan fingerprint density at radius 1 is 1.05 bits per heavy atom. The van der Waals surface area contributed by atoms with Gasteiger partial charge < -0.3 is 4.74 Å². The predicted molar refractivity (Wildman–Crippen MR) is 76.3 cm³/mol. The van der Waals surface area contributed by atoms with Crippen molar-refractivity contribution in [3.63, 3.8) is 0 Å². The number of piperidine rings is 1. The number of rotatable bonds is 1. The summed E-state index contributed by atoms with van der Waals surface area (Å²) in [5.74, 6) is 0.602. The maximum absolute atomic E-state index is 12.5. The average molecular weight is 261 g/mol. The zero-order chi connectivity index (χ0) is 14.1. The number of ether oxygens (including phenoxy) is 1. The minimum atomic E-state index is -0.249. The molecule has 0 aromatic heterocycles. The van der Waals surface area contributed by atoms with Gasteiger partial charge in [0.05, 0.1) is 0 Å². The number of hydrogen-bond donors (Lipinski definition) is 0. The van der Waals surface area contributed by atoms with Gasteiger partial charge in [0.1, 0.15) is 5.75 Å². The summed E-state index contributed by atoms with van der Waals surface area (Å²) in [6, 6.07) is 9.26. The summed E-state index contributed by atoms with van der Waals surface area (Å²) in [4.78, 5) is 14.4. The lowest BCUT2D eigenvalue weighted by molar-refractivity contribution is -0.00659. The third-order valence-corrected chi connectivity index (χ3v) is 3.92. The Morgan fingerprint density at radius 2 is 1.58 bits per heavy atom. The van der Waals surface area contributed by atoms with E-state index in [0.717, 1.165) is 19.3 Å². The number of carbonyl (C=O) groups excluding carboxylic acids is 1. The van der Waals surface area contributed by atoms with Gasteiger partial charge in [0, 0.05) is 11.1 Å². The van der Waals surface area contributed by atoms with Crippen molar-refractivity contribution in [1.82, 2.24) is 4.90 Å². The number of para-hydroxylation sites is 1. The molecular formula is C16H23NO2. The topological polar surface area (TPSA) is 29.5 Å². The molecule has 1 heterocycles. The molecule has 2 rings (SSSR count). The Labute approximate surface area is 115 Å². The van der Waals surface area contributed by atoms with Gasteiger partial charge in [0.15, 0.2) is 0 Å². The van der Waals surface area contributed by atoms with Crippen LogP contribution in [0, 0.1) is 0 Å². The highest BCUT2D eigenvalue weighted by atomic mass is 16.6. The van der Waals surface area contributed by atoms with E-state index in [1.165, 1.54) is 0 Å². The maximum Gasteiger partial charge on any atom is 0.416 e. The van der Waals surface area contributed by atoms with Gasteiger partial charge in [-0.2, -0.15) is 0 Å². The number of carbonyl (C=O) groups is 1. The third-order valence-electron chi connectivity index (χ3n) is 3.92. The molecule has 1 aromatic rings. The predicted octanol–water partition coefficient (Wildman–Crippen LogP) is 4.23. The summed E-state index contributed by atoms with van der Waals surface area (Å²) >= 11 is 0. The molecule has 104 valence electrons. The number of nitrogens with zero attached hydrogens (tertiary/aromatic N) is 1. The summed E-state index contributed by atoms with van der Waals surface area (Å²) in [5.41, 5.74) is -0.318. The van der Waals surface area contributed by atoms with Crippen LogP contribution >= 0.6 is 0 Å². The van der Waals surface area contributed by atoms with E-state index in [1.54, 1.807) is 0 Å². The lowest BCUT2D eigenvalue weighted by Gasteiger charge is -2.51. The van der Waals surface area contributed by atoms with E-state index >= 15 is 0 Å². The van der Waals surface area contributed by atoms with Crippen molar-refractivity contribution < 1.29 is 9.53 Å². The number of hydrogen-bond acceptors (Lipinski definition) is 2. The van der Waals surface area contributed by atoms with Gasteiger partial charge in [-0.15, -0.1) is 0 Å². The molecule has 1 aliphatic heterocycles. The van der Waals surface area contributed by atoms with Crippen molar-refractivity contribution in [1.29, 1.82) is 0 Å². The van der Waals surface area contributed by atoms with E-state index < -0.39 is 0 Å². The molecule has 0 saturated carbocycles. The highest BCUT2D eigenvalue weighted by Gasteiger charge is 2.45. The van der Waals surface area contributed by atoms with E-state index in [0.29, 0.717) is 5.75 Å². The Hall–Kier alpha value is -1.51. The van der Waals surface area contributed by atoms with Crippen molar-refractivity contribution in [2.24, 2.45) is 0 Å². The Morgan fingerprint density at radius 3 is 2.11 bits per heavy atom. The molecule has 3 nitrogen and oxygen atoms in total. The second-order valence-corrected chi connectivity index (χ2v) is 6.49. The van der Waals surface area contributed by atoms with Crippen LogP contribution in [0.2, 0.25) is 0 Å². The fourth-order valence-electron chi connectivity index (χ4n) is 3.13. The molecule has 1 aromatic carbocycles. The minimum Gasteiger partial charge on any atom is -0.410 e. The maximum atomic E-state index is 12.5. The van der Waals surface area contributed by atoms with E-state index in [-0.39, 0.29) is 17.2 Å². The Kier molecular flexibility index (Phi) is 3.57. The Balaban J connectivity index is 2.20. The first-order valence-electron chi connectivity index (χ1n) is 6.90. The Bertz CT molecular complexity index is 435. The van der Waals surface area contributed by atoms with Crippen LogP contribution in [0.5, 0.6) is 5.75 Å². The van der Waals surface area contributed by atoms with Crippen LogP contribution in [-0.2, 0) is 0 Å². The molecule has 3 heteroatoms.